The quantitative estimate of drug-likeness (QED) is 0.840. The Morgan fingerprint density at radius 3 is 2.95 bits per heavy atom. The lowest BCUT2D eigenvalue weighted by Crippen LogP contribution is -2.42. The molecule has 0 spiro atoms. The minimum absolute atomic E-state index is 0.0948. The van der Waals surface area contributed by atoms with Gasteiger partial charge in [-0.3, -0.25) is 0 Å². The second-order valence-corrected chi connectivity index (χ2v) is 6.06. The Hall–Kier alpha value is -0.820. The highest BCUT2D eigenvalue weighted by Gasteiger charge is 2.20. The first kappa shape index (κ1) is 16.5. The van der Waals surface area contributed by atoms with Gasteiger partial charge in [0.1, 0.15) is 12.7 Å². The number of likely N-dealkylation sites (N-methyl/N-ethyl adjacent to an activating group) is 1. The molecular formula is C15H23BrN2O3. The molecule has 0 amide bonds. The topological polar surface area (TPSA) is 43.0 Å². The molecule has 1 aromatic carbocycles. The van der Waals surface area contributed by atoms with E-state index in [1.54, 1.807) is 7.11 Å². The summed E-state index contributed by atoms with van der Waals surface area (Å²) < 4.78 is 18.0. The summed E-state index contributed by atoms with van der Waals surface area (Å²) in [7, 11) is 5.67. The van der Waals surface area contributed by atoms with Gasteiger partial charge >= 0.3 is 0 Å². The lowest BCUT2D eigenvalue weighted by Gasteiger charge is -2.30. The fraction of sp³-hybridized carbons (Fsp3) is 0.600. The van der Waals surface area contributed by atoms with Gasteiger partial charge in [-0.2, -0.15) is 0 Å². The minimum Gasteiger partial charge on any atom is -0.493 e. The van der Waals surface area contributed by atoms with Crippen LogP contribution in [0.3, 0.4) is 0 Å². The minimum atomic E-state index is 0.0948. The zero-order valence-electron chi connectivity index (χ0n) is 12.8. The second-order valence-electron chi connectivity index (χ2n) is 5.21. The Balaban J connectivity index is 2.04. The molecule has 6 heteroatoms. The predicted molar refractivity (Wildman–Crippen MR) is 86.2 cm³/mol. The second kappa shape index (κ2) is 7.98. The van der Waals surface area contributed by atoms with Gasteiger partial charge in [0.2, 0.25) is 0 Å². The number of hydrogen-bond donors (Lipinski definition) is 1. The molecule has 0 aromatic heterocycles. The van der Waals surface area contributed by atoms with E-state index < -0.39 is 0 Å². The number of rotatable bonds is 6. The van der Waals surface area contributed by atoms with E-state index in [-0.39, 0.29) is 6.10 Å². The smallest absolute Gasteiger partial charge is 0.175 e. The van der Waals surface area contributed by atoms with Gasteiger partial charge in [-0.05, 0) is 47.7 Å². The van der Waals surface area contributed by atoms with E-state index in [4.69, 9.17) is 14.2 Å². The number of benzene rings is 1. The Morgan fingerprint density at radius 2 is 2.29 bits per heavy atom. The molecule has 118 valence electrons. The molecule has 1 fully saturated rings. The fourth-order valence-electron chi connectivity index (χ4n) is 2.36. The van der Waals surface area contributed by atoms with Crippen molar-refractivity contribution in [3.8, 4) is 11.5 Å². The molecule has 1 unspecified atom stereocenters. The summed E-state index contributed by atoms with van der Waals surface area (Å²) in [4.78, 5) is 2.25. The van der Waals surface area contributed by atoms with E-state index in [0.717, 1.165) is 47.8 Å². The van der Waals surface area contributed by atoms with Crippen molar-refractivity contribution in [3.63, 3.8) is 0 Å². The SMILES string of the molecule is CNCc1cc(Br)c(OCC2CN(C)CCO2)c(OC)c1. The van der Waals surface area contributed by atoms with Crippen molar-refractivity contribution in [1.82, 2.24) is 10.2 Å². The van der Waals surface area contributed by atoms with E-state index in [9.17, 15) is 0 Å². The molecule has 1 N–H and O–H groups in total. The number of ether oxygens (including phenoxy) is 3. The highest BCUT2D eigenvalue weighted by Crippen LogP contribution is 2.36. The third kappa shape index (κ3) is 4.57. The molecule has 0 radical (unpaired) electrons. The van der Waals surface area contributed by atoms with Gasteiger partial charge < -0.3 is 24.4 Å². The number of halogens is 1. The number of hydrogen-bond acceptors (Lipinski definition) is 5. The summed E-state index contributed by atoms with van der Waals surface area (Å²) in [5.41, 5.74) is 1.14. The van der Waals surface area contributed by atoms with Crippen molar-refractivity contribution >= 4 is 15.9 Å². The third-order valence-electron chi connectivity index (χ3n) is 3.43. The van der Waals surface area contributed by atoms with Crippen LogP contribution in [0.4, 0.5) is 0 Å². The van der Waals surface area contributed by atoms with Crippen molar-refractivity contribution in [1.29, 1.82) is 0 Å². The summed E-state index contributed by atoms with van der Waals surface area (Å²) in [6, 6.07) is 4.03. The van der Waals surface area contributed by atoms with Gasteiger partial charge in [0, 0.05) is 19.6 Å². The van der Waals surface area contributed by atoms with Crippen LogP contribution in [0.25, 0.3) is 0 Å². The Kier molecular flexibility index (Phi) is 6.29. The normalized spacial score (nSPS) is 19.5. The fourth-order valence-corrected chi connectivity index (χ4v) is 2.97. The van der Waals surface area contributed by atoms with Gasteiger partial charge in [0.25, 0.3) is 0 Å². The summed E-state index contributed by atoms with van der Waals surface area (Å²) in [5.74, 6) is 1.47. The van der Waals surface area contributed by atoms with Crippen LogP contribution in [-0.2, 0) is 11.3 Å². The standard InChI is InChI=1S/C15H23BrN2O3/c1-17-8-11-6-13(16)15(14(7-11)19-3)21-10-12-9-18(2)4-5-20-12/h6-7,12,17H,4-5,8-10H2,1-3H3. The molecule has 2 rings (SSSR count). The summed E-state index contributed by atoms with van der Waals surface area (Å²) >= 11 is 3.56. The first-order valence-corrected chi connectivity index (χ1v) is 7.87. The molecule has 1 saturated heterocycles. The molecule has 5 nitrogen and oxygen atoms in total. The van der Waals surface area contributed by atoms with E-state index in [0.29, 0.717) is 6.61 Å². The molecule has 0 aliphatic carbocycles. The van der Waals surface area contributed by atoms with Crippen LogP contribution >= 0.6 is 15.9 Å². The monoisotopic (exact) mass is 358 g/mol. The highest BCUT2D eigenvalue weighted by molar-refractivity contribution is 9.10. The summed E-state index contributed by atoms with van der Waals surface area (Å²) in [6.07, 6.45) is 0.0948. The molecule has 1 heterocycles. The van der Waals surface area contributed by atoms with Crippen molar-refractivity contribution < 1.29 is 14.2 Å². The first-order chi connectivity index (χ1) is 10.1. The van der Waals surface area contributed by atoms with Crippen LogP contribution in [0.2, 0.25) is 0 Å². The van der Waals surface area contributed by atoms with Crippen LogP contribution in [0.1, 0.15) is 5.56 Å². The predicted octanol–water partition coefficient (Wildman–Crippen LogP) is 1.89. The molecule has 1 atom stereocenters. The van der Waals surface area contributed by atoms with E-state index >= 15 is 0 Å². The molecule has 1 aromatic rings. The van der Waals surface area contributed by atoms with Gasteiger partial charge in [-0.25, -0.2) is 0 Å². The number of morpholine rings is 1. The van der Waals surface area contributed by atoms with Crippen LogP contribution in [0.15, 0.2) is 16.6 Å². The lowest BCUT2D eigenvalue weighted by atomic mass is 10.2. The van der Waals surface area contributed by atoms with Crippen LogP contribution in [-0.4, -0.2) is 58.5 Å². The molecule has 21 heavy (non-hydrogen) atoms. The zero-order chi connectivity index (χ0) is 15.2. The van der Waals surface area contributed by atoms with Gasteiger partial charge in [0.15, 0.2) is 11.5 Å². The van der Waals surface area contributed by atoms with Crippen molar-refractivity contribution in [3.05, 3.63) is 22.2 Å². The molecule has 1 aliphatic rings. The first-order valence-electron chi connectivity index (χ1n) is 7.08. The van der Waals surface area contributed by atoms with Crippen molar-refractivity contribution in [2.75, 3.05) is 47.5 Å². The van der Waals surface area contributed by atoms with Gasteiger partial charge in [0.05, 0.1) is 18.2 Å². The number of nitrogens with zero attached hydrogens (tertiary/aromatic N) is 1. The summed E-state index contributed by atoms with van der Waals surface area (Å²) in [5, 5.41) is 3.13. The van der Waals surface area contributed by atoms with E-state index in [2.05, 4.69) is 33.2 Å². The van der Waals surface area contributed by atoms with E-state index in [1.807, 2.05) is 19.2 Å². The maximum absolute atomic E-state index is 5.94. The van der Waals surface area contributed by atoms with Gasteiger partial charge in [-0.15, -0.1) is 0 Å². The Morgan fingerprint density at radius 1 is 1.48 bits per heavy atom. The number of nitrogens with one attached hydrogen (secondary N) is 1. The number of methoxy groups -OCH3 is 1. The van der Waals surface area contributed by atoms with Crippen molar-refractivity contribution in [2.45, 2.75) is 12.6 Å². The van der Waals surface area contributed by atoms with E-state index in [1.165, 1.54) is 0 Å². The third-order valence-corrected chi connectivity index (χ3v) is 4.01. The zero-order valence-corrected chi connectivity index (χ0v) is 14.4. The molecular weight excluding hydrogens is 336 g/mol. The molecule has 0 bridgehead atoms. The van der Waals surface area contributed by atoms with Crippen LogP contribution in [0.5, 0.6) is 11.5 Å². The lowest BCUT2D eigenvalue weighted by molar-refractivity contribution is -0.0407. The molecule has 1 aliphatic heterocycles. The van der Waals surface area contributed by atoms with Crippen molar-refractivity contribution in [2.24, 2.45) is 0 Å². The highest BCUT2D eigenvalue weighted by atomic mass is 79.9. The average molecular weight is 359 g/mol. The van der Waals surface area contributed by atoms with Crippen LogP contribution < -0.4 is 14.8 Å². The maximum Gasteiger partial charge on any atom is 0.175 e. The summed E-state index contributed by atoms with van der Waals surface area (Å²) in [6.45, 7) is 3.92. The Labute approximate surface area is 134 Å². The van der Waals surface area contributed by atoms with Gasteiger partial charge in [-0.1, -0.05) is 0 Å². The van der Waals surface area contributed by atoms with Crippen LogP contribution in [0, 0.1) is 0 Å². The maximum atomic E-state index is 5.94. The average Bonchev–Trinajstić information content (AvgIpc) is 2.46. The molecule has 0 saturated carbocycles. The Bertz CT molecular complexity index is 470. The largest absolute Gasteiger partial charge is 0.493 e.